The molecule has 2 heterocycles. The van der Waals surface area contributed by atoms with E-state index in [0.29, 0.717) is 27.7 Å². The highest BCUT2D eigenvalue weighted by Crippen LogP contribution is 2.46. The summed E-state index contributed by atoms with van der Waals surface area (Å²) in [5.74, 6) is 0.0390. The number of anilines is 1. The molecule has 31 heavy (non-hydrogen) atoms. The van der Waals surface area contributed by atoms with Gasteiger partial charge in [-0.05, 0) is 31.0 Å². The summed E-state index contributed by atoms with van der Waals surface area (Å²) in [6.07, 6.45) is 3.80. The first-order valence-electron chi connectivity index (χ1n) is 10.5. The Balaban J connectivity index is 1.65. The fourth-order valence-electron chi connectivity index (χ4n) is 4.90. The largest absolute Gasteiger partial charge is 0.465 e. The second-order valence-corrected chi connectivity index (χ2v) is 8.32. The summed E-state index contributed by atoms with van der Waals surface area (Å²) in [6.45, 7) is 0. The number of carboxylic acid groups (broad SMARTS) is 1. The van der Waals surface area contributed by atoms with E-state index in [1.54, 1.807) is 35.2 Å². The van der Waals surface area contributed by atoms with Crippen LogP contribution in [0.25, 0.3) is 11.0 Å². The van der Waals surface area contributed by atoms with Gasteiger partial charge in [0.25, 0.3) is 5.91 Å². The molecule has 0 spiro atoms. The summed E-state index contributed by atoms with van der Waals surface area (Å²) >= 11 is 0. The van der Waals surface area contributed by atoms with Gasteiger partial charge in [0, 0.05) is 29.8 Å². The lowest BCUT2D eigenvalue weighted by molar-refractivity contribution is -0.0755. The Bertz CT molecular complexity index is 1180. The summed E-state index contributed by atoms with van der Waals surface area (Å²) in [4.78, 5) is 34.7. The van der Waals surface area contributed by atoms with E-state index >= 15 is 0 Å². The van der Waals surface area contributed by atoms with Crippen molar-refractivity contribution in [2.45, 2.75) is 43.9 Å². The number of aromatic amines is 1. The molecule has 2 amide bonds. The molecule has 2 aromatic carbocycles. The lowest BCUT2D eigenvalue weighted by atomic mass is 9.89. The minimum Gasteiger partial charge on any atom is -0.465 e. The molecule has 2 aliphatic rings. The maximum Gasteiger partial charge on any atom is 0.413 e. The maximum absolute atomic E-state index is 13.4. The smallest absolute Gasteiger partial charge is 0.413 e. The molecule has 8 heteroatoms. The number of H-pyrrole nitrogens is 1. The molecule has 0 saturated heterocycles. The molecule has 0 radical (unpaired) electrons. The third kappa shape index (κ3) is 2.90. The molecule has 0 bridgehead atoms. The van der Waals surface area contributed by atoms with Gasteiger partial charge in [0.2, 0.25) is 5.95 Å². The van der Waals surface area contributed by atoms with Crippen LogP contribution in [-0.4, -0.2) is 50.2 Å². The van der Waals surface area contributed by atoms with E-state index in [-0.39, 0.29) is 17.9 Å². The molecule has 8 nitrogen and oxygen atoms in total. The Hall–Kier alpha value is -3.39. The number of carbonyl (C=O) groups is 2. The van der Waals surface area contributed by atoms with Crippen molar-refractivity contribution in [2.75, 3.05) is 11.9 Å². The summed E-state index contributed by atoms with van der Waals surface area (Å²) in [5.41, 5.74) is 1.21. The zero-order chi connectivity index (χ0) is 21.8. The fourth-order valence-corrected chi connectivity index (χ4v) is 4.90. The summed E-state index contributed by atoms with van der Waals surface area (Å²) in [7, 11) is 1.41. The second kappa shape index (κ2) is 7.09. The van der Waals surface area contributed by atoms with Crippen molar-refractivity contribution in [3.8, 4) is 0 Å². The molecule has 1 unspecified atom stereocenters. The Morgan fingerprint density at radius 2 is 1.94 bits per heavy atom. The molecule has 3 N–H and O–H groups in total. The summed E-state index contributed by atoms with van der Waals surface area (Å²) < 4.78 is 0. The highest BCUT2D eigenvalue weighted by atomic mass is 16.4. The van der Waals surface area contributed by atoms with Gasteiger partial charge in [0.15, 0.2) is 5.72 Å². The number of aliphatic hydroxyl groups is 1. The van der Waals surface area contributed by atoms with Gasteiger partial charge in [0.1, 0.15) is 0 Å². The normalized spacial score (nSPS) is 21.5. The van der Waals surface area contributed by atoms with E-state index in [4.69, 9.17) is 0 Å². The molecule has 1 fully saturated rings. The summed E-state index contributed by atoms with van der Waals surface area (Å²) in [6, 6.07) is 12.4. The average molecular weight is 420 g/mol. The Morgan fingerprint density at radius 3 is 2.68 bits per heavy atom. The first-order valence-corrected chi connectivity index (χ1v) is 10.5. The van der Waals surface area contributed by atoms with E-state index < -0.39 is 11.8 Å². The lowest BCUT2D eigenvalue weighted by Crippen LogP contribution is -2.51. The zero-order valence-corrected chi connectivity index (χ0v) is 17.2. The number of hydrogen-bond donors (Lipinski definition) is 3. The quantitative estimate of drug-likeness (QED) is 0.599. The van der Waals surface area contributed by atoms with Gasteiger partial charge in [-0.3, -0.25) is 14.6 Å². The van der Waals surface area contributed by atoms with Crippen LogP contribution in [0.3, 0.4) is 0 Å². The number of nitrogens with zero attached hydrogens (tertiary/aromatic N) is 3. The van der Waals surface area contributed by atoms with Crippen LogP contribution >= 0.6 is 0 Å². The maximum atomic E-state index is 13.4. The molecule has 160 valence electrons. The van der Waals surface area contributed by atoms with E-state index in [0.717, 1.165) is 37.0 Å². The summed E-state index contributed by atoms with van der Waals surface area (Å²) in [5, 5.41) is 21.4. The van der Waals surface area contributed by atoms with Crippen molar-refractivity contribution in [1.82, 2.24) is 14.9 Å². The highest BCUT2D eigenvalue weighted by Gasteiger charge is 2.52. The van der Waals surface area contributed by atoms with Crippen molar-refractivity contribution in [3.63, 3.8) is 0 Å². The number of benzene rings is 2. The van der Waals surface area contributed by atoms with Gasteiger partial charge in [-0.1, -0.05) is 43.5 Å². The predicted molar refractivity (Wildman–Crippen MR) is 115 cm³/mol. The van der Waals surface area contributed by atoms with Crippen LogP contribution in [0.5, 0.6) is 0 Å². The topological polar surface area (TPSA) is 110 Å². The number of nitrogens with one attached hydrogen (secondary N) is 1. The minimum atomic E-state index is -1.60. The van der Waals surface area contributed by atoms with Crippen molar-refractivity contribution in [1.29, 1.82) is 0 Å². The van der Waals surface area contributed by atoms with Gasteiger partial charge in [-0.25, -0.2) is 9.78 Å². The predicted octanol–water partition coefficient (Wildman–Crippen LogP) is 3.66. The third-order valence-electron chi connectivity index (χ3n) is 6.52. The average Bonchev–Trinajstić information content (AvgIpc) is 3.31. The first kappa shape index (κ1) is 19.6. The van der Waals surface area contributed by atoms with Crippen molar-refractivity contribution in [3.05, 3.63) is 59.2 Å². The van der Waals surface area contributed by atoms with Crippen LogP contribution in [0.4, 0.5) is 10.7 Å². The molecular formula is C23H24N4O4. The van der Waals surface area contributed by atoms with Gasteiger partial charge in [-0.2, -0.15) is 0 Å². The van der Waals surface area contributed by atoms with Gasteiger partial charge >= 0.3 is 6.09 Å². The van der Waals surface area contributed by atoms with E-state index in [1.807, 2.05) is 12.1 Å². The molecule has 1 saturated carbocycles. The van der Waals surface area contributed by atoms with Crippen LogP contribution in [0.1, 0.15) is 53.6 Å². The standard InChI is InChI=1S/C23H24N4O4/c1-26(22(29)30)21-24-18-12-11-14(13-19(18)25-21)23(31)17-10-6-5-9-16(17)20(28)27(23)15-7-3-2-4-8-15/h5-6,9-13,15,31H,2-4,7-8H2,1H3,(H,24,25)(H,29,30). The van der Waals surface area contributed by atoms with Gasteiger partial charge < -0.3 is 15.2 Å². The number of fused-ring (bicyclic) bond motifs is 2. The Labute approximate surface area is 179 Å². The van der Waals surface area contributed by atoms with Gasteiger partial charge in [-0.15, -0.1) is 0 Å². The van der Waals surface area contributed by atoms with Crippen molar-refractivity contribution < 1.29 is 19.8 Å². The third-order valence-corrected chi connectivity index (χ3v) is 6.52. The van der Waals surface area contributed by atoms with Crippen molar-refractivity contribution in [2.24, 2.45) is 0 Å². The van der Waals surface area contributed by atoms with Crippen molar-refractivity contribution >= 4 is 29.0 Å². The number of imidazole rings is 1. The van der Waals surface area contributed by atoms with Crippen LogP contribution in [0, 0.1) is 0 Å². The Kier molecular flexibility index (Phi) is 4.48. The molecule has 3 aromatic rings. The number of amides is 2. The van der Waals surface area contributed by atoms with Gasteiger partial charge in [0.05, 0.1) is 11.0 Å². The monoisotopic (exact) mass is 420 g/mol. The van der Waals surface area contributed by atoms with Crippen LogP contribution in [0.2, 0.25) is 0 Å². The molecule has 1 aliphatic heterocycles. The fraction of sp³-hybridized carbons (Fsp3) is 0.348. The first-order chi connectivity index (χ1) is 14.9. The SMILES string of the molecule is CN(C(=O)O)c1nc2cc(C3(O)c4ccccc4C(=O)N3C3CCCCC3)ccc2[nH]1. The number of rotatable bonds is 3. The zero-order valence-electron chi connectivity index (χ0n) is 17.2. The van der Waals surface area contributed by atoms with E-state index in [9.17, 15) is 19.8 Å². The second-order valence-electron chi connectivity index (χ2n) is 8.32. The van der Waals surface area contributed by atoms with Crippen LogP contribution in [-0.2, 0) is 5.72 Å². The molecule has 1 aromatic heterocycles. The van der Waals surface area contributed by atoms with Crippen LogP contribution in [0.15, 0.2) is 42.5 Å². The number of hydrogen-bond acceptors (Lipinski definition) is 4. The van der Waals surface area contributed by atoms with E-state index in [1.165, 1.54) is 7.05 Å². The number of carbonyl (C=O) groups excluding carboxylic acids is 1. The molecular weight excluding hydrogens is 396 g/mol. The minimum absolute atomic E-state index is 0.0396. The van der Waals surface area contributed by atoms with Crippen LogP contribution < -0.4 is 4.90 Å². The molecule has 5 rings (SSSR count). The lowest BCUT2D eigenvalue weighted by Gasteiger charge is -2.41. The highest BCUT2D eigenvalue weighted by molar-refractivity contribution is 6.00. The Morgan fingerprint density at radius 1 is 1.19 bits per heavy atom. The van der Waals surface area contributed by atoms with E-state index in [2.05, 4.69) is 9.97 Å². The molecule has 1 atom stereocenters. The number of aromatic nitrogens is 2. The molecule has 1 aliphatic carbocycles.